The molecule has 1 heterocycles. The van der Waals surface area contributed by atoms with Crippen LogP contribution in [0.5, 0.6) is 0 Å². The summed E-state index contributed by atoms with van der Waals surface area (Å²) in [6, 6.07) is 0. The van der Waals surface area contributed by atoms with Crippen molar-refractivity contribution in [3.63, 3.8) is 0 Å². The fourth-order valence-electron chi connectivity index (χ4n) is 0.964. The number of epoxide rings is 1. The smallest absolute Gasteiger partial charge is 0.113 e. The van der Waals surface area contributed by atoms with Crippen molar-refractivity contribution in [1.29, 1.82) is 0 Å². The molecular formula is C8H15O. The van der Waals surface area contributed by atoms with Crippen molar-refractivity contribution in [2.24, 2.45) is 0 Å². The first-order valence-electron chi connectivity index (χ1n) is 3.92. The molecule has 1 fully saturated rings. The highest BCUT2D eigenvalue weighted by Crippen LogP contribution is 2.22. The number of ether oxygens (including phenoxy) is 1. The predicted molar refractivity (Wildman–Crippen MR) is 37.9 cm³/mol. The van der Waals surface area contributed by atoms with Gasteiger partial charge in [-0.2, -0.15) is 0 Å². The summed E-state index contributed by atoms with van der Waals surface area (Å²) in [5.41, 5.74) is 0. The van der Waals surface area contributed by atoms with Gasteiger partial charge in [0.15, 0.2) is 0 Å². The molecule has 0 saturated carbocycles. The van der Waals surface area contributed by atoms with Crippen LogP contribution in [0, 0.1) is 6.61 Å². The number of unbranched alkanes of at least 4 members (excludes halogenated alkanes) is 3. The van der Waals surface area contributed by atoms with Crippen LogP contribution in [0.2, 0.25) is 0 Å². The zero-order chi connectivity index (χ0) is 6.53. The molecule has 1 radical (unpaired) electrons. The first-order valence-corrected chi connectivity index (χ1v) is 3.92. The molecule has 0 aromatic rings. The van der Waals surface area contributed by atoms with Gasteiger partial charge < -0.3 is 4.74 Å². The van der Waals surface area contributed by atoms with E-state index < -0.39 is 0 Å². The summed E-state index contributed by atoms with van der Waals surface area (Å²) >= 11 is 0. The van der Waals surface area contributed by atoms with E-state index in [4.69, 9.17) is 4.74 Å². The van der Waals surface area contributed by atoms with Crippen LogP contribution in [-0.2, 0) is 4.74 Å². The zero-order valence-corrected chi connectivity index (χ0v) is 6.10. The van der Waals surface area contributed by atoms with Crippen LogP contribution >= 0.6 is 0 Å². The minimum atomic E-state index is 0.529. The van der Waals surface area contributed by atoms with E-state index in [1.54, 1.807) is 0 Å². The van der Waals surface area contributed by atoms with Gasteiger partial charge in [-0.05, 0) is 6.42 Å². The molecule has 1 unspecified atom stereocenters. The third-order valence-corrected chi connectivity index (χ3v) is 1.67. The molecule has 1 rings (SSSR count). The van der Waals surface area contributed by atoms with Crippen molar-refractivity contribution >= 4 is 0 Å². The quantitative estimate of drug-likeness (QED) is 0.408. The van der Waals surface area contributed by atoms with Gasteiger partial charge >= 0.3 is 0 Å². The molecule has 1 aliphatic heterocycles. The molecule has 0 aliphatic carbocycles. The lowest BCUT2D eigenvalue weighted by Gasteiger charge is -1.93. The fourth-order valence-corrected chi connectivity index (χ4v) is 0.964. The predicted octanol–water partition coefficient (Wildman–Crippen LogP) is 2.52. The summed E-state index contributed by atoms with van der Waals surface area (Å²) in [6.45, 7) is 4.16. The van der Waals surface area contributed by atoms with Gasteiger partial charge in [-0.25, -0.2) is 0 Å². The van der Waals surface area contributed by atoms with Gasteiger partial charge in [0.25, 0.3) is 0 Å². The number of hydrogen-bond acceptors (Lipinski definition) is 1. The van der Waals surface area contributed by atoms with Crippen LogP contribution < -0.4 is 0 Å². The van der Waals surface area contributed by atoms with E-state index in [0.29, 0.717) is 6.10 Å². The fraction of sp³-hybridized carbons (Fsp3) is 0.875. The lowest BCUT2D eigenvalue weighted by atomic mass is 10.1. The maximum Gasteiger partial charge on any atom is 0.113 e. The lowest BCUT2D eigenvalue weighted by Crippen LogP contribution is -1.83. The second-order valence-corrected chi connectivity index (χ2v) is 2.66. The monoisotopic (exact) mass is 127 g/mol. The van der Waals surface area contributed by atoms with Crippen LogP contribution in [0.15, 0.2) is 0 Å². The van der Waals surface area contributed by atoms with E-state index >= 15 is 0 Å². The molecule has 9 heavy (non-hydrogen) atoms. The van der Waals surface area contributed by atoms with Crippen LogP contribution in [0.3, 0.4) is 0 Å². The first-order chi connectivity index (χ1) is 4.43. The van der Waals surface area contributed by atoms with E-state index in [9.17, 15) is 0 Å². The Morgan fingerprint density at radius 1 is 1.33 bits per heavy atom. The Hall–Kier alpha value is -0.0400. The summed E-state index contributed by atoms with van der Waals surface area (Å²) in [5.74, 6) is 0. The summed E-state index contributed by atoms with van der Waals surface area (Å²) in [5, 5.41) is 0. The van der Waals surface area contributed by atoms with Gasteiger partial charge in [-0.1, -0.05) is 32.6 Å². The largest absolute Gasteiger partial charge is 0.367 e. The summed E-state index contributed by atoms with van der Waals surface area (Å²) in [4.78, 5) is 0. The van der Waals surface area contributed by atoms with E-state index in [1.165, 1.54) is 32.1 Å². The SMILES string of the molecule is CCCCCCC1[CH]O1. The standard InChI is InChI=1S/C8H15O/c1-2-3-4-5-6-8-7-9-8/h7-8H,2-6H2,1H3. The molecule has 1 aliphatic rings. The highest BCUT2D eigenvalue weighted by atomic mass is 16.6. The highest BCUT2D eigenvalue weighted by Gasteiger charge is 2.21. The molecule has 1 atom stereocenters. The normalized spacial score (nSPS) is 24.3. The van der Waals surface area contributed by atoms with E-state index in [1.807, 2.05) is 6.61 Å². The Bertz CT molecular complexity index is 67.0. The maximum absolute atomic E-state index is 4.96. The van der Waals surface area contributed by atoms with Crippen molar-refractivity contribution in [3.05, 3.63) is 6.61 Å². The zero-order valence-electron chi connectivity index (χ0n) is 6.10. The van der Waals surface area contributed by atoms with Crippen LogP contribution in [-0.4, -0.2) is 6.10 Å². The van der Waals surface area contributed by atoms with Gasteiger partial charge in [-0.3, -0.25) is 0 Å². The molecule has 0 spiro atoms. The van der Waals surface area contributed by atoms with Crippen molar-refractivity contribution in [2.45, 2.75) is 45.1 Å². The minimum absolute atomic E-state index is 0.529. The van der Waals surface area contributed by atoms with Crippen molar-refractivity contribution in [1.82, 2.24) is 0 Å². The Kier molecular flexibility index (Phi) is 3.05. The highest BCUT2D eigenvalue weighted by molar-refractivity contribution is 4.81. The Labute approximate surface area is 57.4 Å². The van der Waals surface area contributed by atoms with Crippen molar-refractivity contribution in [2.75, 3.05) is 0 Å². The number of hydrogen-bond donors (Lipinski definition) is 0. The maximum atomic E-state index is 4.96. The Morgan fingerprint density at radius 3 is 2.67 bits per heavy atom. The summed E-state index contributed by atoms with van der Waals surface area (Å²) in [6.07, 6.45) is 7.21. The van der Waals surface area contributed by atoms with Crippen molar-refractivity contribution < 1.29 is 4.74 Å². The van der Waals surface area contributed by atoms with E-state index in [-0.39, 0.29) is 0 Å². The molecule has 0 aromatic heterocycles. The van der Waals surface area contributed by atoms with Crippen LogP contribution in [0.25, 0.3) is 0 Å². The second-order valence-electron chi connectivity index (χ2n) is 2.66. The average molecular weight is 127 g/mol. The molecule has 1 heteroatoms. The van der Waals surface area contributed by atoms with Crippen LogP contribution in [0.1, 0.15) is 39.0 Å². The Morgan fingerprint density at radius 2 is 2.11 bits per heavy atom. The van der Waals surface area contributed by atoms with Gasteiger partial charge in [0.05, 0.1) is 6.10 Å². The minimum Gasteiger partial charge on any atom is -0.367 e. The van der Waals surface area contributed by atoms with Gasteiger partial charge in [0.1, 0.15) is 6.61 Å². The third-order valence-electron chi connectivity index (χ3n) is 1.67. The van der Waals surface area contributed by atoms with E-state index in [2.05, 4.69) is 6.92 Å². The molecule has 0 amide bonds. The number of rotatable bonds is 5. The van der Waals surface area contributed by atoms with Crippen LogP contribution in [0.4, 0.5) is 0 Å². The van der Waals surface area contributed by atoms with Gasteiger partial charge in [-0.15, -0.1) is 0 Å². The topological polar surface area (TPSA) is 12.5 Å². The van der Waals surface area contributed by atoms with Gasteiger partial charge in [0.2, 0.25) is 0 Å². The van der Waals surface area contributed by atoms with E-state index in [0.717, 1.165) is 0 Å². The van der Waals surface area contributed by atoms with Gasteiger partial charge in [0, 0.05) is 0 Å². The third kappa shape index (κ3) is 3.52. The molecule has 1 saturated heterocycles. The lowest BCUT2D eigenvalue weighted by molar-refractivity contribution is 0.400. The summed E-state index contributed by atoms with van der Waals surface area (Å²) in [7, 11) is 0. The second kappa shape index (κ2) is 3.89. The van der Waals surface area contributed by atoms with Crippen molar-refractivity contribution in [3.8, 4) is 0 Å². The Balaban J connectivity index is 1.71. The first kappa shape index (κ1) is 7.07. The average Bonchev–Trinajstić information content (AvgIpc) is 2.63. The molecule has 0 aromatic carbocycles. The molecular weight excluding hydrogens is 112 g/mol. The molecule has 1 nitrogen and oxygen atoms in total. The summed E-state index contributed by atoms with van der Waals surface area (Å²) < 4.78 is 4.96. The molecule has 0 N–H and O–H groups in total. The molecule has 0 bridgehead atoms. The molecule has 53 valence electrons.